The molecule has 14 heavy (non-hydrogen) atoms. The number of rotatable bonds is 0. The van der Waals surface area contributed by atoms with Crippen LogP contribution in [0, 0.1) is 23.2 Å². The normalized spacial score (nSPS) is 49.4. The average Bonchev–Trinajstić information content (AvgIpc) is 2.81. The van der Waals surface area contributed by atoms with Crippen LogP contribution in [-0.4, -0.2) is 0 Å². The Hall–Kier alpha value is -0.780. The minimum Gasteiger partial charge on any atom is -0.0992 e. The molecule has 0 bridgehead atoms. The summed E-state index contributed by atoms with van der Waals surface area (Å²) in [6, 6.07) is 0. The smallest absolute Gasteiger partial charge is 0.00212 e. The molecule has 0 heteroatoms. The van der Waals surface area contributed by atoms with Crippen molar-refractivity contribution in [2.75, 3.05) is 0 Å². The van der Waals surface area contributed by atoms with Crippen LogP contribution in [0.25, 0.3) is 0 Å². The highest BCUT2D eigenvalue weighted by molar-refractivity contribution is 5.45. The van der Waals surface area contributed by atoms with Gasteiger partial charge in [0.05, 0.1) is 0 Å². The van der Waals surface area contributed by atoms with Crippen LogP contribution in [0.4, 0.5) is 0 Å². The molecule has 0 aromatic rings. The van der Waals surface area contributed by atoms with Crippen molar-refractivity contribution in [1.82, 2.24) is 0 Å². The molecule has 0 N–H and O–H groups in total. The van der Waals surface area contributed by atoms with Gasteiger partial charge in [0.15, 0.2) is 0 Å². The summed E-state index contributed by atoms with van der Waals surface area (Å²) in [6.45, 7) is 9.07. The van der Waals surface area contributed by atoms with E-state index < -0.39 is 0 Å². The maximum absolute atomic E-state index is 4.22. The van der Waals surface area contributed by atoms with Crippen LogP contribution in [0.5, 0.6) is 0 Å². The first kappa shape index (κ1) is 8.52. The molecule has 0 radical (unpaired) electrons. The van der Waals surface area contributed by atoms with E-state index in [0.717, 1.165) is 17.8 Å². The molecule has 3 aliphatic rings. The van der Waals surface area contributed by atoms with Gasteiger partial charge in [0.2, 0.25) is 0 Å². The second-order valence-corrected chi connectivity index (χ2v) is 5.38. The molecule has 0 aliphatic heterocycles. The second-order valence-electron chi connectivity index (χ2n) is 5.38. The summed E-state index contributed by atoms with van der Waals surface area (Å²) in [5.41, 5.74) is 3.51. The van der Waals surface area contributed by atoms with Gasteiger partial charge in [-0.25, -0.2) is 0 Å². The van der Waals surface area contributed by atoms with E-state index >= 15 is 0 Å². The lowest BCUT2D eigenvalue weighted by atomic mass is 9.62. The van der Waals surface area contributed by atoms with Gasteiger partial charge in [0.1, 0.15) is 0 Å². The third-order valence-electron chi connectivity index (χ3n) is 4.84. The summed E-state index contributed by atoms with van der Waals surface area (Å²) >= 11 is 0. The largest absolute Gasteiger partial charge is 0.0992 e. The Balaban J connectivity index is 2.11. The Bertz CT molecular complexity index is 358. The Morgan fingerprint density at radius 2 is 2.21 bits per heavy atom. The molecule has 0 spiro atoms. The maximum atomic E-state index is 4.22. The van der Waals surface area contributed by atoms with E-state index in [-0.39, 0.29) is 0 Å². The Morgan fingerprint density at radius 3 is 3.00 bits per heavy atom. The quantitative estimate of drug-likeness (QED) is 0.506. The van der Waals surface area contributed by atoms with Gasteiger partial charge in [-0.05, 0) is 36.2 Å². The SMILES string of the molecule is C=C1C2CC=C3C=CCC(C)C3(C)C12. The van der Waals surface area contributed by atoms with Crippen LogP contribution >= 0.6 is 0 Å². The molecule has 3 aliphatic carbocycles. The van der Waals surface area contributed by atoms with Gasteiger partial charge in [-0.3, -0.25) is 0 Å². The predicted molar refractivity (Wildman–Crippen MR) is 59.8 cm³/mol. The zero-order valence-electron chi connectivity index (χ0n) is 9.09. The first-order chi connectivity index (χ1) is 6.65. The molecule has 0 aromatic carbocycles. The fourth-order valence-corrected chi connectivity index (χ4v) is 3.60. The summed E-state index contributed by atoms with van der Waals surface area (Å²) < 4.78 is 0. The van der Waals surface area contributed by atoms with Crippen LogP contribution in [0.1, 0.15) is 26.7 Å². The predicted octanol–water partition coefficient (Wildman–Crippen LogP) is 3.72. The van der Waals surface area contributed by atoms with E-state index in [1.165, 1.54) is 18.4 Å². The van der Waals surface area contributed by atoms with E-state index in [0.29, 0.717) is 5.41 Å². The third-order valence-corrected chi connectivity index (χ3v) is 4.84. The van der Waals surface area contributed by atoms with Crippen molar-refractivity contribution in [3.05, 3.63) is 36.0 Å². The number of allylic oxidation sites excluding steroid dienone is 5. The van der Waals surface area contributed by atoms with E-state index in [1.807, 2.05) is 0 Å². The molecule has 3 rings (SSSR count). The standard InChI is InChI=1S/C14H18/c1-9-5-4-6-11-7-8-12-10(2)13(12)14(9,11)3/h4,6-7,9,12-13H,2,5,8H2,1,3H3. The van der Waals surface area contributed by atoms with Crippen LogP contribution in [-0.2, 0) is 0 Å². The molecule has 4 unspecified atom stereocenters. The van der Waals surface area contributed by atoms with Gasteiger partial charge >= 0.3 is 0 Å². The summed E-state index contributed by atoms with van der Waals surface area (Å²) in [6.07, 6.45) is 9.62. The van der Waals surface area contributed by atoms with Gasteiger partial charge < -0.3 is 0 Å². The molecule has 0 amide bonds. The highest BCUT2D eigenvalue weighted by atomic mass is 14.6. The summed E-state index contributed by atoms with van der Waals surface area (Å²) in [7, 11) is 0. The van der Waals surface area contributed by atoms with Crippen molar-refractivity contribution >= 4 is 0 Å². The van der Waals surface area contributed by atoms with Crippen molar-refractivity contribution in [3.63, 3.8) is 0 Å². The van der Waals surface area contributed by atoms with Crippen LogP contribution < -0.4 is 0 Å². The molecule has 74 valence electrons. The van der Waals surface area contributed by atoms with Crippen LogP contribution in [0.15, 0.2) is 36.0 Å². The van der Waals surface area contributed by atoms with Crippen LogP contribution in [0.2, 0.25) is 0 Å². The molecule has 4 atom stereocenters. The highest BCUT2D eigenvalue weighted by Gasteiger charge is 2.58. The highest BCUT2D eigenvalue weighted by Crippen LogP contribution is 2.66. The van der Waals surface area contributed by atoms with Gasteiger partial charge in [-0.15, -0.1) is 0 Å². The molecule has 0 heterocycles. The molecule has 0 saturated heterocycles. The van der Waals surface area contributed by atoms with Gasteiger partial charge in [-0.2, -0.15) is 0 Å². The number of fused-ring (bicyclic) bond motifs is 3. The average molecular weight is 186 g/mol. The number of hydrogen-bond acceptors (Lipinski definition) is 0. The lowest BCUT2D eigenvalue weighted by Crippen LogP contribution is -2.34. The number of hydrogen-bond donors (Lipinski definition) is 0. The fraction of sp³-hybridized carbons (Fsp3) is 0.571. The molecular weight excluding hydrogens is 168 g/mol. The second kappa shape index (κ2) is 2.42. The molecule has 1 fully saturated rings. The zero-order valence-corrected chi connectivity index (χ0v) is 9.09. The topological polar surface area (TPSA) is 0 Å². The fourth-order valence-electron chi connectivity index (χ4n) is 3.60. The van der Waals surface area contributed by atoms with Gasteiger partial charge in [-0.1, -0.05) is 44.2 Å². The van der Waals surface area contributed by atoms with Crippen LogP contribution in [0.3, 0.4) is 0 Å². The Morgan fingerprint density at radius 1 is 1.43 bits per heavy atom. The minimum atomic E-state index is 0.411. The van der Waals surface area contributed by atoms with Gasteiger partial charge in [0.25, 0.3) is 0 Å². The van der Waals surface area contributed by atoms with Crippen molar-refractivity contribution in [2.45, 2.75) is 26.7 Å². The van der Waals surface area contributed by atoms with Crippen molar-refractivity contribution in [1.29, 1.82) is 0 Å². The molecular formula is C14H18. The zero-order chi connectivity index (χ0) is 9.92. The Kier molecular flexibility index (Phi) is 1.47. The lowest BCUT2D eigenvalue weighted by Gasteiger charge is -2.42. The van der Waals surface area contributed by atoms with Gasteiger partial charge in [0, 0.05) is 5.41 Å². The maximum Gasteiger partial charge on any atom is 0.00212 e. The van der Waals surface area contributed by atoms with Crippen molar-refractivity contribution in [2.24, 2.45) is 23.2 Å². The van der Waals surface area contributed by atoms with E-state index in [4.69, 9.17) is 0 Å². The molecule has 0 nitrogen and oxygen atoms in total. The summed E-state index contributed by atoms with van der Waals surface area (Å²) in [5, 5.41) is 0. The molecule has 0 aromatic heterocycles. The van der Waals surface area contributed by atoms with E-state index in [1.54, 1.807) is 5.57 Å². The molecule has 1 saturated carbocycles. The summed E-state index contributed by atoms with van der Waals surface area (Å²) in [4.78, 5) is 0. The van der Waals surface area contributed by atoms with E-state index in [2.05, 4.69) is 38.7 Å². The summed E-state index contributed by atoms with van der Waals surface area (Å²) in [5.74, 6) is 2.39. The third kappa shape index (κ3) is 0.802. The Labute approximate surface area is 86.4 Å². The minimum absolute atomic E-state index is 0.411. The monoisotopic (exact) mass is 186 g/mol. The lowest BCUT2D eigenvalue weighted by molar-refractivity contribution is 0.201. The van der Waals surface area contributed by atoms with Crippen molar-refractivity contribution < 1.29 is 0 Å². The van der Waals surface area contributed by atoms with Crippen molar-refractivity contribution in [3.8, 4) is 0 Å². The first-order valence-electron chi connectivity index (χ1n) is 5.71. The first-order valence-corrected chi connectivity index (χ1v) is 5.71. The van der Waals surface area contributed by atoms with E-state index in [9.17, 15) is 0 Å².